The number of allylic oxidation sites excluding steroid dienone is 1. The largest absolute Gasteiger partial charge is 0.508 e. The molecular formula is C29H32N2O8. The highest BCUT2D eigenvalue weighted by Gasteiger charge is 2.62. The van der Waals surface area contributed by atoms with E-state index in [-0.39, 0.29) is 29.7 Å². The van der Waals surface area contributed by atoms with Crippen LogP contribution in [0.3, 0.4) is 0 Å². The fourth-order valence-electron chi connectivity index (χ4n) is 7.21. The van der Waals surface area contributed by atoms with Gasteiger partial charge in [0, 0.05) is 29.2 Å². The molecule has 0 radical (unpaired) electrons. The van der Waals surface area contributed by atoms with Gasteiger partial charge in [-0.1, -0.05) is 6.42 Å². The summed E-state index contributed by atoms with van der Waals surface area (Å²) in [6.45, 7) is 2.44. The average molecular weight is 537 g/mol. The van der Waals surface area contributed by atoms with Crippen LogP contribution in [0.4, 0.5) is 0 Å². The van der Waals surface area contributed by atoms with E-state index in [4.69, 9.17) is 10.2 Å². The third-order valence-corrected chi connectivity index (χ3v) is 9.16. The molecule has 1 aromatic heterocycles. The van der Waals surface area contributed by atoms with Crippen LogP contribution in [-0.2, 0) is 22.6 Å². The number of fused-ring (bicyclic) bond motifs is 3. The number of nitrogens with two attached hydrogens (primary N) is 1. The molecule has 0 spiro atoms. The molecule has 0 bridgehead atoms. The number of furan rings is 1. The summed E-state index contributed by atoms with van der Waals surface area (Å²) < 4.78 is 5.23. The molecule has 10 nitrogen and oxygen atoms in total. The standard InChI is InChI=1S/C29H32N2O8/c30-28(37)23-20(32)11-17-8-15-9-18-16(12-31-5-2-1-3-6-31)10-19(14-4-7-39-13-14)24(33)22(18)25(34)21(15)26(35)29(17,38)27(23)36/h4,7,10,13,15,17,20,23,32-33,35,38H,1-3,5-6,8-9,11-12H2,(H2,30,37)/t15-,17+,20?,23?,29+/m1/s1. The Kier molecular flexibility index (Phi) is 6.16. The molecule has 6 N–H and O–H groups in total. The van der Waals surface area contributed by atoms with Gasteiger partial charge < -0.3 is 30.6 Å². The monoisotopic (exact) mass is 536 g/mol. The molecule has 6 rings (SSSR count). The number of primary amides is 1. The van der Waals surface area contributed by atoms with Gasteiger partial charge in [-0.05, 0) is 74.4 Å². The van der Waals surface area contributed by atoms with E-state index in [0.29, 0.717) is 29.7 Å². The summed E-state index contributed by atoms with van der Waals surface area (Å²) in [6, 6.07) is 3.57. The van der Waals surface area contributed by atoms with E-state index in [2.05, 4.69) is 4.90 Å². The van der Waals surface area contributed by atoms with Crippen LogP contribution >= 0.6 is 0 Å². The molecule has 1 saturated carbocycles. The Morgan fingerprint density at radius 1 is 1.15 bits per heavy atom. The minimum absolute atomic E-state index is 0.0373. The van der Waals surface area contributed by atoms with Gasteiger partial charge in [0.15, 0.2) is 17.2 Å². The number of aromatic hydroxyl groups is 1. The van der Waals surface area contributed by atoms with Gasteiger partial charge in [0.1, 0.15) is 17.4 Å². The second-order valence-corrected chi connectivity index (χ2v) is 11.4. The SMILES string of the molecule is NC(=O)C1C(=O)[C@@]2(O)C(O)=C3C(=O)c4c(O)c(-c5ccoc5)cc(CN5CCCCC5)c4C[C@H]3C[C@H]2CC1O. The summed E-state index contributed by atoms with van der Waals surface area (Å²) in [5.74, 6) is -7.09. The molecule has 39 heavy (non-hydrogen) atoms. The number of carbonyl (C=O) groups excluding carboxylic acids is 3. The maximum atomic E-state index is 14.1. The smallest absolute Gasteiger partial charge is 0.230 e. The lowest BCUT2D eigenvalue weighted by atomic mass is 9.57. The van der Waals surface area contributed by atoms with E-state index in [1.165, 1.54) is 18.9 Å². The molecule has 4 aliphatic rings. The van der Waals surface area contributed by atoms with Gasteiger partial charge in [-0.25, -0.2) is 0 Å². The van der Waals surface area contributed by atoms with E-state index in [9.17, 15) is 34.8 Å². The van der Waals surface area contributed by atoms with Crippen LogP contribution in [0.5, 0.6) is 5.75 Å². The fraction of sp³-hybridized carbons (Fsp3) is 0.483. The van der Waals surface area contributed by atoms with Crippen molar-refractivity contribution in [2.24, 2.45) is 23.5 Å². The molecule has 10 heteroatoms. The Hall–Kier alpha value is -3.47. The molecule has 2 fully saturated rings. The Balaban J connectivity index is 1.50. The molecule has 1 amide bonds. The van der Waals surface area contributed by atoms with Crippen molar-refractivity contribution in [3.05, 3.63) is 52.7 Å². The number of phenolic OH excluding ortho intramolecular Hbond substituents is 1. The zero-order chi connectivity index (χ0) is 27.6. The first-order chi connectivity index (χ1) is 18.6. The Labute approximate surface area is 224 Å². The summed E-state index contributed by atoms with van der Waals surface area (Å²) in [6.07, 6.45) is 5.21. The summed E-state index contributed by atoms with van der Waals surface area (Å²) in [4.78, 5) is 41.6. The van der Waals surface area contributed by atoms with Crippen LogP contribution < -0.4 is 5.73 Å². The van der Waals surface area contributed by atoms with Crippen LogP contribution in [0.1, 0.15) is 53.6 Å². The molecule has 2 heterocycles. The lowest BCUT2D eigenvalue weighted by Crippen LogP contribution is -2.63. The number of piperidine rings is 1. The Bertz CT molecular complexity index is 1390. The highest BCUT2D eigenvalue weighted by atomic mass is 16.3. The average Bonchev–Trinajstić information content (AvgIpc) is 3.43. The minimum atomic E-state index is -2.52. The molecule has 206 valence electrons. The van der Waals surface area contributed by atoms with E-state index < -0.39 is 52.7 Å². The predicted molar refractivity (Wildman–Crippen MR) is 137 cm³/mol. The number of aliphatic hydroxyl groups is 3. The fourth-order valence-corrected chi connectivity index (χ4v) is 7.21. The van der Waals surface area contributed by atoms with Gasteiger partial charge in [-0.2, -0.15) is 0 Å². The Morgan fingerprint density at radius 3 is 2.56 bits per heavy atom. The highest BCUT2D eigenvalue weighted by Crippen LogP contribution is 2.53. The number of amides is 1. The van der Waals surface area contributed by atoms with Gasteiger partial charge in [-0.3, -0.25) is 19.3 Å². The maximum Gasteiger partial charge on any atom is 0.230 e. The van der Waals surface area contributed by atoms with Crippen molar-refractivity contribution in [3.63, 3.8) is 0 Å². The van der Waals surface area contributed by atoms with E-state index in [0.717, 1.165) is 31.5 Å². The number of rotatable bonds is 4. The lowest BCUT2D eigenvalue weighted by Gasteiger charge is -2.48. The van der Waals surface area contributed by atoms with Gasteiger partial charge in [0.25, 0.3) is 0 Å². The first-order valence-corrected chi connectivity index (χ1v) is 13.5. The zero-order valence-corrected chi connectivity index (χ0v) is 21.4. The molecule has 3 aliphatic carbocycles. The molecule has 2 aromatic rings. The molecule has 5 atom stereocenters. The quantitative estimate of drug-likeness (QED) is 0.366. The molecule has 1 saturated heterocycles. The number of nitrogens with zero attached hydrogens (tertiary/aromatic N) is 1. The normalized spacial score (nSPS) is 31.0. The number of hydrogen-bond acceptors (Lipinski definition) is 9. The summed E-state index contributed by atoms with van der Waals surface area (Å²) in [7, 11) is 0. The van der Waals surface area contributed by atoms with E-state index >= 15 is 0 Å². The molecule has 1 aromatic carbocycles. The maximum absolute atomic E-state index is 14.1. The van der Waals surface area contributed by atoms with Gasteiger partial charge in [-0.15, -0.1) is 0 Å². The van der Waals surface area contributed by atoms with Crippen LogP contribution in [0.2, 0.25) is 0 Å². The number of benzene rings is 1. The number of likely N-dealkylation sites (tertiary alicyclic amines) is 1. The molecule has 2 unspecified atom stereocenters. The third kappa shape index (κ3) is 3.84. The van der Waals surface area contributed by atoms with Crippen molar-refractivity contribution in [3.8, 4) is 16.9 Å². The number of ketones is 2. The number of phenols is 1. The van der Waals surface area contributed by atoms with Crippen molar-refractivity contribution < 1.29 is 39.2 Å². The predicted octanol–water partition coefficient (Wildman–Crippen LogP) is 1.99. The second-order valence-electron chi connectivity index (χ2n) is 11.4. The number of hydrogen-bond donors (Lipinski definition) is 5. The van der Waals surface area contributed by atoms with E-state index in [1.807, 2.05) is 6.07 Å². The van der Waals surface area contributed by atoms with Crippen LogP contribution in [0, 0.1) is 17.8 Å². The van der Waals surface area contributed by atoms with Gasteiger partial charge >= 0.3 is 0 Å². The van der Waals surface area contributed by atoms with Crippen molar-refractivity contribution in [2.45, 2.75) is 56.8 Å². The van der Waals surface area contributed by atoms with Crippen molar-refractivity contribution in [2.75, 3.05) is 13.1 Å². The number of aliphatic hydroxyl groups excluding tert-OH is 2. The topological polar surface area (TPSA) is 175 Å². The first kappa shape index (κ1) is 25.8. The minimum Gasteiger partial charge on any atom is -0.508 e. The van der Waals surface area contributed by atoms with Crippen molar-refractivity contribution in [1.82, 2.24) is 4.90 Å². The second kappa shape index (κ2) is 9.32. The highest BCUT2D eigenvalue weighted by molar-refractivity contribution is 6.16. The van der Waals surface area contributed by atoms with Crippen LogP contribution in [0.25, 0.3) is 11.1 Å². The summed E-state index contributed by atoms with van der Waals surface area (Å²) in [5, 5.41) is 44.7. The third-order valence-electron chi connectivity index (χ3n) is 9.16. The summed E-state index contributed by atoms with van der Waals surface area (Å²) in [5.41, 5.74) is 5.28. The number of carbonyl (C=O) groups is 3. The summed E-state index contributed by atoms with van der Waals surface area (Å²) >= 11 is 0. The van der Waals surface area contributed by atoms with Crippen molar-refractivity contribution in [1.29, 1.82) is 0 Å². The molecular weight excluding hydrogens is 504 g/mol. The lowest BCUT2D eigenvalue weighted by molar-refractivity contribution is -0.167. The van der Waals surface area contributed by atoms with E-state index in [1.54, 1.807) is 6.07 Å². The van der Waals surface area contributed by atoms with Crippen LogP contribution in [-0.4, -0.2) is 67.6 Å². The first-order valence-electron chi connectivity index (χ1n) is 13.5. The van der Waals surface area contributed by atoms with Gasteiger partial charge in [0.05, 0.1) is 24.2 Å². The van der Waals surface area contributed by atoms with Crippen molar-refractivity contribution >= 4 is 17.5 Å². The van der Waals surface area contributed by atoms with Gasteiger partial charge in [0.2, 0.25) is 5.91 Å². The molecule has 1 aliphatic heterocycles. The Morgan fingerprint density at radius 2 is 1.90 bits per heavy atom. The number of Topliss-reactive ketones (excluding diaryl/α,β-unsaturated/α-hetero) is 2. The van der Waals surface area contributed by atoms with Crippen LogP contribution in [0.15, 0.2) is 40.4 Å². The zero-order valence-electron chi connectivity index (χ0n) is 21.4.